The molecule has 0 radical (unpaired) electrons. The van der Waals surface area contributed by atoms with E-state index in [1.807, 2.05) is 77.5 Å². The molecular weight excluding hydrogens is 381 g/mol. The lowest BCUT2D eigenvalue weighted by molar-refractivity contribution is 0.414. The van der Waals surface area contributed by atoms with Crippen molar-refractivity contribution in [3.05, 3.63) is 82.8 Å². The van der Waals surface area contributed by atoms with Crippen molar-refractivity contribution in [2.24, 2.45) is 0 Å². The van der Waals surface area contributed by atoms with E-state index < -0.39 is 0 Å². The quantitative estimate of drug-likeness (QED) is 0.430. The number of hydrogen-bond donors (Lipinski definition) is 0. The average molecular weight is 396 g/mol. The molecule has 0 fully saturated rings. The number of halogens is 2. The predicted octanol–water partition coefficient (Wildman–Crippen LogP) is 5.92. The van der Waals surface area contributed by atoms with Crippen molar-refractivity contribution < 1.29 is 4.74 Å². The van der Waals surface area contributed by atoms with E-state index in [-0.39, 0.29) is 0 Å². The highest BCUT2D eigenvalue weighted by Gasteiger charge is 2.15. The molecule has 0 saturated heterocycles. The topological polar surface area (TPSA) is 39.9 Å². The van der Waals surface area contributed by atoms with Crippen LogP contribution in [0.25, 0.3) is 28.5 Å². The molecule has 27 heavy (non-hydrogen) atoms. The molecule has 134 valence electrons. The Morgan fingerprint density at radius 3 is 1.85 bits per heavy atom. The van der Waals surface area contributed by atoms with Crippen molar-refractivity contribution in [3.8, 4) is 34.2 Å². The Labute approximate surface area is 167 Å². The van der Waals surface area contributed by atoms with Gasteiger partial charge in [0.1, 0.15) is 5.75 Å². The lowest BCUT2D eigenvalue weighted by atomic mass is 10.2. The van der Waals surface area contributed by atoms with Gasteiger partial charge in [0, 0.05) is 21.2 Å². The lowest BCUT2D eigenvalue weighted by Crippen LogP contribution is -1.99. The maximum atomic E-state index is 6.04. The first-order valence-electron chi connectivity index (χ1n) is 8.27. The molecular formula is C21H15Cl2N3O. The van der Waals surface area contributed by atoms with Crippen molar-refractivity contribution in [3.63, 3.8) is 0 Å². The summed E-state index contributed by atoms with van der Waals surface area (Å²) in [5, 5.41) is 6.07. The van der Waals surface area contributed by atoms with E-state index >= 15 is 0 Å². The number of ether oxygens (including phenoxy) is 1. The van der Waals surface area contributed by atoms with Crippen molar-refractivity contribution in [2.75, 3.05) is 7.11 Å². The van der Waals surface area contributed by atoms with Gasteiger partial charge < -0.3 is 4.74 Å². The van der Waals surface area contributed by atoms with Gasteiger partial charge in [0.05, 0.1) is 12.8 Å². The van der Waals surface area contributed by atoms with Crippen molar-refractivity contribution in [1.82, 2.24) is 14.8 Å². The molecule has 0 aliphatic carbocycles. The van der Waals surface area contributed by atoms with Gasteiger partial charge in [-0.25, -0.2) is 9.67 Å². The summed E-state index contributed by atoms with van der Waals surface area (Å²) in [4.78, 5) is 4.76. The van der Waals surface area contributed by atoms with Gasteiger partial charge in [0.25, 0.3) is 0 Å². The van der Waals surface area contributed by atoms with E-state index in [1.54, 1.807) is 7.11 Å². The Hall–Kier alpha value is -2.82. The molecule has 0 amide bonds. The zero-order valence-corrected chi connectivity index (χ0v) is 15.9. The third-order valence-corrected chi connectivity index (χ3v) is 4.63. The summed E-state index contributed by atoms with van der Waals surface area (Å²) < 4.78 is 7.06. The fourth-order valence-corrected chi connectivity index (χ4v) is 2.97. The van der Waals surface area contributed by atoms with Crippen LogP contribution in [0.4, 0.5) is 0 Å². The minimum atomic E-state index is 0.618. The van der Waals surface area contributed by atoms with Crippen LogP contribution in [-0.2, 0) is 0 Å². The van der Waals surface area contributed by atoms with E-state index in [0.29, 0.717) is 15.9 Å². The van der Waals surface area contributed by atoms with Gasteiger partial charge >= 0.3 is 0 Å². The normalized spacial score (nSPS) is 10.8. The molecule has 0 spiro atoms. The summed E-state index contributed by atoms with van der Waals surface area (Å²) in [6, 6.07) is 22.7. The maximum absolute atomic E-state index is 6.04. The first-order valence-corrected chi connectivity index (χ1v) is 9.03. The van der Waals surface area contributed by atoms with Gasteiger partial charge in [0.2, 0.25) is 0 Å². The highest BCUT2D eigenvalue weighted by atomic mass is 35.5. The van der Waals surface area contributed by atoms with Gasteiger partial charge in [-0.2, -0.15) is 0 Å². The molecule has 0 saturated carbocycles. The molecule has 4 nitrogen and oxygen atoms in total. The maximum Gasteiger partial charge on any atom is 0.182 e. The largest absolute Gasteiger partial charge is 0.497 e. The molecule has 0 N–H and O–H groups in total. The van der Waals surface area contributed by atoms with Crippen LogP contribution < -0.4 is 4.74 Å². The Morgan fingerprint density at radius 2 is 1.30 bits per heavy atom. The van der Waals surface area contributed by atoms with Crippen LogP contribution >= 0.6 is 23.2 Å². The molecule has 1 aromatic heterocycles. The highest BCUT2D eigenvalue weighted by Crippen LogP contribution is 2.27. The summed E-state index contributed by atoms with van der Waals surface area (Å²) in [7, 11) is 1.64. The first kappa shape index (κ1) is 17.6. The van der Waals surface area contributed by atoms with Crippen molar-refractivity contribution >= 4 is 23.2 Å². The SMILES string of the molecule is COc1ccc(-n2nc(-c3ccc(Cl)cc3)nc2-c2ccc(Cl)cc2)cc1. The van der Waals surface area contributed by atoms with E-state index in [2.05, 4.69) is 0 Å². The Bertz CT molecular complexity index is 1060. The number of nitrogens with zero attached hydrogens (tertiary/aromatic N) is 3. The monoisotopic (exact) mass is 395 g/mol. The van der Waals surface area contributed by atoms with Gasteiger partial charge in [-0.1, -0.05) is 23.2 Å². The number of methoxy groups -OCH3 is 1. The highest BCUT2D eigenvalue weighted by molar-refractivity contribution is 6.30. The number of rotatable bonds is 4. The Morgan fingerprint density at radius 1 is 0.741 bits per heavy atom. The summed E-state index contributed by atoms with van der Waals surface area (Å²) in [5.74, 6) is 2.12. The molecule has 4 rings (SSSR count). The van der Waals surface area contributed by atoms with Gasteiger partial charge in [-0.15, -0.1) is 5.10 Å². The van der Waals surface area contributed by atoms with E-state index in [1.165, 1.54) is 0 Å². The molecule has 0 bridgehead atoms. The zero-order chi connectivity index (χ0) is 18.8. The van der Waals surface area contributed by atoms with Gasteiger partial charge in [-0.05, 0) is 72.8 Å². The van der Waals surface area contributed by atoms with Crippen LogP contribution in [0.5, 0.6) is 5.75 Å². The third-order valence-electron chi connectivity index (χ3n) is 4.13. The molecule has 0 aliphatic rings. The first-order chi connectivity index (χ1) is 13.1. The summed E-state index contributed by atoms with van der Waals surface area (Å²) in [6.45, 7) is 0. The Kier molecular flexibility index (Phi) is 4.84. The number of benzene rings is 3. The molecule has 0 aliphatic heterocycles. The second-order valence-corrected chi connectivity index (χ2v) is 6.76. The third kappa shape index (κ3) is 3.68. The molecule has 0 atom stereocenters. The van der Waals surface area contributed by atoms with E-state index in [0.717, 1.165) is 28.4 Å². The van der Waals surface area contributed by atoms with E-state index in [9.17, 15) is 0 Å². The molecule has 6 heteroatoms. The van der Waals surface area contributed by atoms with Crippen molar-refractivity contribution in [1.29, 1.82) is 0 Å². The van der Waals surface area contributed by atoms with Crippen LogP contribution in [0.1, 0.15) is 0 Å². The predicted molar refractivity (Wildman–Crippen MR) is 109 cm³/mol. The molecule has 0 unspecified atom stereocenters. The van der Waals surface area contributed by atoms with E-state index in [4.69, 9.17) is 38.0 Å². The zero-order valence-electron chi connectivity index (χ0n) is 14.4. The minimum Gasteiger partial charge on any atom is -0.497 e. The standard InChI is InChI=1S/C21H15Cl2N3O/c1-27-19-12-10-18(11-13-19)26-21(15-4-8-17(23)9-5-15)24-20(25-26)14-2-6-16(22)7-3-14/h2-13H,1H3. The second-order valence-electron chi connectivity index (χ2n) is 5.88. The minimum absolute atomic E-state index is 0.618. The molecule has 4 aromatic rings. The Balaban J connectivity index is 1.86. The summed E-state index contributed by atoms with van der Waals surface area (Å²) in [5.41, 5.74) is 2.69. The number of hydrogen-bond acceptors (Lipinski definition) is 3. The van der Waals surface area contributed by atoms with Crippen LogP contribution in [-0.4, -0.2) is 21.9 Å². The second kappa shape index (κ2) is 7.43. The molecule has 3 aromatic carbocycles. The van der Waals surface area contributed by atoms with Crippen LogP contribution in [0.2, 0.25) is 10.0 Å². The van der Waals surface area contributed by atoms with Crippen LogP contribution in [0.15, 0.2) is 72.8 Å². The average Bonchev–Trinajstić information content (AvgIpc) is 3.14. The van der Waals surface area contributed by atoms with Crippen molar-refractivity contribution in [2.45, 2.75) is 0 Å². The lowest BCUT2D eigenvalue weighted by Gasteiger charge is -2.07. The summed E-state index contributed by atoms with van der Waals surface area (Å²) >= 11 is 12.0. The number of aromatic nitrogens is 3. The molecule has 1 heterocycles. The fraction of sp³-hybridized carbons (Fsp3) is 0.0476. The van der Waals surface area contributed by atoms with Crippen LogP contribution in [0.3, 0.4) is 0 Å². The summed E-state index contributed by atoms with van der Waals surface area (Å²) in [6.07, 6.45) is 0. The van der Waals surface area contributed by atoms with Gasteiger partial charge in [-0.3, -0.25) is 0 Å². The smallest absolute Gasteiger partial charge is 0.182 e. The van der Waals surface area contributed by atoms with Crippen LogP contribution in [0, 0.1) is 0 Å². The van der Waals surface area contributed by atoms with Gasteiger partial charge in [0.15, 0.2) is 11.6 Å². The fourth-order valence-electron chi connectivity index (χ4n) is 2.72.